The highest BCUT2D eigenvalue weighted by molar-refractivity contribution is 6.32. The van der Waals surface area contributed by atoms with Crippen LogP contribution in [0.1, 0.15) is 76.0 Å². The Morgan fingerprint density at radius 3 is 2.29 bits per heavy atom. The molecule has 1 fully saturated rings. The standard InChI is InChI=1S/C33H37ClFN7O3/c1-8-27(44)41-19(6)14-40(15-20(41)7)31-22-12-23(34)25(13-21-24(35)10-9-11-26(21)43)38-32(22)42(33(45)39-31)30-28(17(2)3)36-16-37-29(30)18(4)5/h8-12,16-20,43H,1,13-15H2,2-7H3/t19-,20+. The number of amides is 1. The molecule has 1 aromatic carbocycles. The molecule has 5 rings (SSSR count). The van der Waals surface area contributed by atoms with Crippen molar-refractivity contribution in [2.24, 2.45) is 0 Å². The number of rotatable bonds is 7. The minimum absolute atomic E-state index is 0.0360. The lowest BCUT2D eigenvalue weighted by atomic mass is 10.0. The average molecular weight is 634 g/mol. The van der Waals surface area contributed by atoms with Crippen molar-refractivity contribution < 1.29 is 14.3 Å². The van der Waals surface area contributed by atoms with Crippen molar-refractivity contribution in [3.63, 3.8) is 0 Å². The van der Waals surface area contributed by atoms with Crippen LogP contribution >= 0.6 is 11.6 Å². The molecule has 0 bridgehead atoms. The molecule has 1 aliphatic heterocycles. The van der Waals surface area contributed by atoms with Gasteiger partial charge in [-0.3, -0.25) is 4.79 Å². The summed E-state index contributed by atoms with van der Waals surface area (Å²) in [5.41, 5.74) is 1.76. The number of carbonyl (C=O) groups is 1. The Kier molecular flexibility index (Phi) is 8.93. The fourth-order valence-corrected chi connectivity index (χ4v) is 6.33. The van der Waals surface area contributed by atoms with E-state index in [9.17, 15) is 19.1 Å². The molecule has 236 valence electrons. The summed E-state index contributed by atoms with van der Waals surface area (Å²) in [6.07, 6.45) is 2.68. The first kappa shape index (κ1) is 32.0. The minimum Gasteiger partial charge on any atom is -0.508 e. The molecule has 0 saturated carbocycles. The van der Waals surface area contributed by atoms with Crippen molar-refractivity contribution in [2.75, 3.05) is 18.0 Å². The maximum atomic E-state index is 14.8. The van der Waals surface area contributed by atoms with Gasteiger partial charge in [-0.05, 0) is 50.0 Å². The SMILES string of the molecule is C=CC(=O)N1[C@H](C)CN(c2nc(=O)n(-c3c(C(C)C)ncnc3C(C)C)c3nc(Cc4c(O)cccc4F)c(Cl)cc23)C[C@@H]1C. The number of hydrogen-bond acceptors (Lipinski definition) is 8. The van der Waals surface area contributed by atoms with Crippen molar-refractivity contribution in [3.8, 4) is 11.4 Å². The Morgan fingerprint density at radius 2 is 1.73 bits per heavy atom. The van der Waals surface area contributed by atoms with E-state index in [0.29, 0.717) is 41.4 Å². The maximum absolute atomic E-state index is 14.8. The van der Waals surface area contributed by atoms with E-state index in [1.807, 2.05) is 46.4 Å². The lowest BCUT2D eigenvalue weighted by Gasteiger charge is -2.44. The van der Waals surface area contributed by atoms with E-state index >= 15 is 0 Å². The Hall–Kier alpha value is -4.38. The molecular weight excluding hydrogens is 597 g/mol. The second-order valence-electron chi connectivity index (χ2n) is 12.1. The van der Waals surface area contributed by atoms with Crippen LogP contribution in [0.25, 0.3) is 16.7 Å². The van der Waals surface area contributed by atoms with Crippen LogP contribution in [-0.2, 0) is 11.2 Å². The van der Waals surface area contributed by atoms with E-state index in [4.69, 9.17) is 16.6 Å². The molecule has 1 saturated heterocycles. The molecule has 1 aliphatic rings. The highest BCUT2D eigenvalue weighted by Crippen LogP contribution is 2.35. The van der Waals surface area contributed by atoms with Crippen LogP contribution in [0.15, 0.2) is 48.0 Å². The quantitative estimate of drug-likeness (QED) is 0.265. The predicted molar refractivity (Wildman–Crippen MR) is 173 cm³/mol. The van der Waals surface area contributed by atoms with Gasteiger partial charge in [0, 0.05) is 37.2 Å². The van der Waals surface area contributed by atoms with Crippen LogP contribution in [0.4, 0.5) is 10.2 Å². The maximum Gasteiger partial charge on any atom is 0.355 e. The molecule has 1 amide bonds. The van der Waals surface area contributed by atoms with Crippen LogP contribution in [-0.4, -0.2) is 65.6 Å². The van der Waals surface area contributed by atoms with E-state index in [2.05, 4.69) is 21.5 Å². The highest BCUT2D eigenvalue weighted by atomic mass is 35.5. The number of benzene rings is 1. The molecule has 12 heteroatoms. The number of aromatic nitrogens is 5. The highest BCUT2D eigenvalue weighted by Gasteiger charge is 2.34. The van der Waals surface area contributed by atoms with Crippen molar-refractivity contribution in [2.45, 2.75) is 71.9 Å². The molecule has 1 N–H and O–H groups in total. The first-order valence-corrected chi connectivity index (χ1v) is 15.3. The molecule has 0 aliphatic carbocycles. The topological polar surface area (TPSA) is 117 Å². The van der Waals surface area contributed by atoms with Gasteiger partial charge in [-0.1, -0.05) is 51.9 Å². The predicted octanol–water partition coefficient (Wildman–Crippen LogP) is 5.52. The summed E-state index contributed by atoms with van der Waals surface area (Å²) in [5, 5.41) is 11.2. The number of phenols is 1. The summed E-state index contributed by atoms with van der Waals surface area (Å²) in [6.45, 7) is 16.2. The van der Waals surface area contributed by atoms with Gasteiger partial charge in [-0.25, -0.2) is 28.7 Å². The van der Waals surface area contributed by atoms with Gasteiger partial charge in [0.25, 0.3) is 0 Å². The second-order valence-corrected chi connectivity index (χ2v) is 12.5. The normalized spacial score (nSPS) is 17.0. The summed E-state index contributed by atoms with van der Waals surface area (Å²) < 4.78 is 16.2. The molecule has 4 aromatic rings. The van der Waals surface area contributed by atoms with Crippen LogP contribution in [0.5, 0.6) is 5.75 Å². The summed E-state index contributed by atoms with van der Waals surface area (Å²) in [5.74, 6) is -0.755. The molecule has 45 heavy (non-hydrogen) atoms. The van der Waals surface area contributed by atoms with Gasteiger partial charge < -0.3 is 14.9 Å². The smallest absolute Gasteiger partial charge is 0.355 e. The Labute approximate surface area is 266 Å². The van der Waals surface area contributed by atoms with E-state index < -0.39 is 11.5 Å². The van der Waals surface area contributed by atoms with Gasteiger partial charge in [-0.2, -0.15) is 4.98 Å². The van der Waals surface area contributed by atoms with Gasteiger partial charge in [0.05, 0.1) is 33.2 Å². The summed E-state index contributed by atoms with van der Waals surface area (Å²) in [7, 11) is 0. The second kappa shape index (κ2) is 12.5. The fourth-order valence-electron chi connectivity index (χ4n) is 6.12. The van der Waals surface area contributed by atoms with E-state index in [0.717, 1.165) is 0 Å². The molecule has 10 nitrogen and oxygen atoms in total. The summed E-state index contributed by atoms with van der Waals surface area (Å²) in [4.78, 5) is 49.1. The lowest BCUT2D eigenvalue weighted by Crippen LogP contribution is -2.58. The minimum atomic E-state index is -0.601. The zero-order valence-corrected chi connectivity index (χ0v) is 27.0. The largest absolute Gasteiger partial charge is 0.508 e. The number of aromatic hydroxyl groups is 1. The summed E-state index contributed by atoms with van der Waals surface area (Å²) >= 11 is 6.82. The molecule has 0 spiro atoms. The van der Waals surface area contributed by atoms with E-state index in [1.165, 1.54) is 35.2 Å². The molecule has 0 radical (unpaired) electrons. The third-order valence-electron chi connectivity index (χ3n) is 8.16. The number of pyridine rings is 1. The fraction of sp³-hybridized carbons (Fsp3) is 0.394. The number of halogens is 2. The first-order chi connectivity index (χ1) is 21.3. The first-order valence-electron chi connectivity index (χ1n) is 15.0. The summed E-state index contributed by atoms with van der Waals surface area (Å²) in [6, 6.07) is 5.35. The van der Waals surface area contributed by atoms with Crippen molar-refractivity contribution >= 4 is 34.4 Å². The Bertz CT molecular complexity index is 1800. The molecule has 4 heterocycles. The van der Waals surface area contributed by atoms with Gasteiger partial charge in [0.15, 0.2) is 5.65 Å². The van der Waals surface area contributed by atoms with Crippen LogP contribution in [0.2, 0.25) is 5.02 Å². The molecular formula is C33H37ClFN7O3. The monoisotopic (exact) mass is 633 g/mol. The molecule has 2 atom stereocenters. The number of phenolic OH excluding ortho intramolecular Hbond substituents is 1. The van der Waals surface area contributed by atoms with Crippen molar-refractivity contribution in [3.05, 3.63) is 87.2 Å². The molecule has 3 aromatic heterocycles. The van der Waals surface area contributed by atoms with Gasteiger partial charge >= 0.3 is 5.69 Å². The van der Waals surface area contributed by atoms with E-state index in [1.54, 1.807) is 11.0 Å². The van der Waals surface area contributed by atoms with Crippen LogP contribution in [0.3, 0.4) is 0 Å². The number of nitrogens with zero attached hydrogens (tertiary/aromatic N) is 7. The number of piperazine rings is 1. The van der Waals surface area contributed by atoms with Crippen molar-refractivity contribution in [1.29, 1.82) is 0 Å². The number of fused-ring (bicyclic) bond motifs is 1. The zero-order valence-electron chi connectivity index (χ0n) is 26.3. The van der Waals surface area contributed by atoms with Crippen LogP contribution < -0.4 is 10.6 Å². The lowest BCUT2D eigenvalue weighted by molar-refractivity contribution is -0.130. The number of anilines is 1. The van der Waals surface area contributed by atoms with Gasteiger partial charge in [0.1, 0.15) is 23.7 Å². The zero-order chi connectivity index (χ0) is 32.7. The van der Waals surface area contributed by atoms with Gasteiger partial charge in [-0.15, -0.1) is 0 Å². The number of hydrogen-bond donors (Lipinski definition) is 1. The average Bonchev–Trinajstić information content (AvgIpc) is 2.98. The Balaban J connectivity index is 1.81. The van der Waals surface area contributed by atoms with Gasteiger partial charge in [0.2, 0.25) is 5.91 Å². The Morgan fingerprint density at radius 1 is 1.11 bits per heavy atom. The number of carbonyl (C=O) groups excluding carboxylic acids is 1. The van der Waals surface area contributed by atoms with Crippen molar-refractivity contribution in [1.82, 2.24) is 29.4 Å². The van der Waals surface area contributed by atoms with Crippen LogP contribution in [0, 0.1) is 5.82 Å². The molecule has 0 unspecified atom stereocenters. The third-order valence-corrected chi connectivity index (χ3v) is 8.48. The third kappa shape index (κ3) is 5.88. The van der Waals surface area contributed by atoms with E-state index in [-0.39, 0.29) is 63.9 Å².